The lowest BCUT2D eigenvalue weighted by Gasteiger charge is -2.55. The van der Waals surface area contributed by atoms with Crippen LogP contribution in [0.5, 0.6) is 0 Å². The lowest BCUT2D eigenvalue weighted by atomic mass is 9.49. The van der Waals surface area contributed by atoms with Crippen LogP contribution in [0.15, 0.2) is 40.0 Å². The maximum absolute atomic E-state index is 13.5. The number of hydrogen-bond acceptors (Lipinski definition) is 6. The molecule has 2 aromatic heterocycles. The number of rotatable bonds is 6. The number of fused-ring (bicyclic) bond motifs is 1. The van der Waals surface area contributed by atoms with Crippen molar-refractivity contribution in [1.29, 1.82) is 0 Å². The van der Waals surface area contributed by atoms with E-state index in [1.54, 1.807) is 17.8 Å². The number of amides is 1. The highest BCUT2D eigenvalue weighted by molar-refractivity contribution is 7.98. The van der Waals surface area contributed by atoms with Crippen LogP contribution in [0, 0.1) is 23.2 Å². The molecular formula is C25H28N4O2S2. The molecule has 4 fully saturated rings. The van der Waals surface area contributed by atoms with Gasteiger partial charge in [0.1, 0.15) is 5.01 Å². The Bertz CT molecular complexity index is 1250. The molecule has 1 N–H and O–H groups in total. The third-order valence-electron chi connectivity index (χ3n) is 7.67. The molecule has 2 heterocycles. The second kappa shape index (κ2) is 8.24. The number of thioether (sulfide) groups is 1. The Morgan fingerprint density at radius 2 is 1.88 bits per heavy atom. The van der Waals surface area contributed by atoms with E-state index in [2.05, 4.69) is 15.4 Å². The summed E-state index contributed by atoms with van der Waals surface area (Å²) in [5.41, 5.74) is 1.29. The van der Waals surface area contributed by atoms with Crippen LogP contribution in [0.3, 0.4) is 0 Å². The van der Waals surface area contributed by atoms with Gasteiger partial charge in [0.05, 0.1) is 16.8 Å². The second-order valence-corrected chi connectivity index (χ2v) is 12.1. The van der Waals surface area contributed by atoms with Gasteiger partial charge >= 0.3 is 0 Å². The minimum absolute atomic E-state index is 0.144. The minimum Gasteiger partial charge on any atom is -0.325 e. The predicted molar refractivity (Wildman–Crippen MR) is 132 cm³/mol. The first-order valence-electron chi connectivity index (χ1n) is 11.9. The van der Waals surface area contributed by atoms with Gasteiger partial charge in [0.25, 0.3) is 5.56 Å². The first-order chi connectivity index (χ1) is 16.0. The molecule has 4 aliphatic rings. The van der Waals surface area contributed by atoms with Gasteiger partial charge in [0.2, 0.25) is 10.9 Å². The summed E-state index contributed by atoms with van der Waals surface area (Å²) in [7, 11) is 0. The number of carbonyl (C=O) groups excluding carboxylic acids is 1. The standard InChI is InChI=1S/C25H28N4O2S2/c1-2-21-28-29-22(30)10-18(26-24(29)33-21)14-32-20-6-4-3-5-19(20)27-23(31)25-11-15-7-16(12-25)9-17(8-15)13-25/h3-6,10,15-17H,2,7-9,11-14H2,1H3,(H,27,31). The average molecular weight is 481 g/mol. The largest absolute Gasteiger partial charge is 0.325 e. The van der Waals surface area contributed by atoms with Gasteiger partial charge in [-0.3, -0.25) is 9.59 Å². The Morgan fingerprint density at radius 3 is 2.58 bits per heavy atom. The number of nitrogens with one attached hydrogen (secondary N) is 1. The molecule has 4 bridgehead atoms. The summed E-state index contributed by atoms with van der Waals surface area (Å²) < 4.78 is 1.39. The van der Waals surface area contributed by atoms with Crippen molar-refractivity contribution < 1.29 is 4.79 Å². The zero-order valence-corrected chi connectivity index (χ0v) is 20.4. The van der Waals surface area contributed by atoms with Gasteiger partial charge in [-0.15, -0.1) is 11.8 Å². The Labute approximate surface area is 201 Å². The van der Waals surface area contributed by atoms with Crippen molar-refractivity contribution in [3.8, 4) is 0 Å². The Balaban J connectivity index is 1.20. The van der Waals surface area contributed by atoms with Gasteiger partial charge in [0, 0.05) is 16.7 Å². The molecular weight excluding hydrogens is 452 g/mol. The van der Waals surface area contributed by atoms with E-state index in [1.165, 1.54) is 35.1 Å². The molecule has 0 saturated heterocycles. The van der Waals surface area contributed by atoms with Gasteiger partial charge in [0.15, 0.2) is 0 Å². The summed E-state index contributed by atoms with van der Waals surface area (Å²) >= 11 is 3.07. The number of nitrogens with zero attached hydrogens (tertiary/aromatic N) is 3. The maximum Gasteiger partial charge on any atom is 0.275 e. The average Bonchev–Trinajstić information content (AvgIpc) is 3.22. The molecule has 8 heteroatoms. The molecule has 0 aliphatic heterocycles. The highest BCUT2D eigenvalue weighted by atomic mass is 32.2. The van der Waals surface area contributed by atoms with Crippen LogP contribution in [0.25, 0.3) is 4.96 Å². The lowest BCUT2D eigenvalue weighted by Crippen LogP contribution is -2.51. The molecule has 6 nitrogen and oxygen atoms in total. The fourth-order valence-corrected chi connectivity index (χ4v) is 8.36. The van der Waals surface area contributed by atoms with Crippen molar-refractivity contribution in [2.75, 3.05) is 5.32 Å². The van der Waals surface area contributed by atoms with Crippen molar-refractivity contribution in [3.05, 3.63) is 51.4 Å². The molecule has 0 radical (unpaired) electrons. The van der Waals surface area contributed by atoms with Crippen LogP contribution in [0.1, 0.15) is 56.2 Å². The van der Waals surface area contributed by atoms with Gasteiger partial charge in [-0.2, -0.15) is 9.61 Å². The van der Waals surface area contributed by atoms with Gasteiger partial charge in [-0.25, -0.2) is 4.98 Å². The van der Waals surface area contributed by atoms with E-state index in [0.717, 1.165) is 64.7 Å². The van der Waals surface area contributed by atoms with E-state index in [9.17, 15) is 9.59 Å². The number of benzene rings is 1. The summed E-state index contributed by atoms with van der Waals surface area (Å²) in [5.74, 6) is 3.00. The molecule has 0 atom stereocenters. The van der Waals surface area contributed by atoms with Gasteiger partial charge in [-0.1, -0.05) is 30.4 Å². The normalized spacial score (nSPS) is 27.8. The highest BCUT2D eigenvalue weighted by Gasteiger charge is 2.54. The van der Waals surface area contributed by atoms with Crippen molar-refractivity contribution in [2.45, 2.75) is 62.5 Å². The molecule has 0 unspecified atom stereocenters. The number of anilines is 1. The van der Waals surface area contributed by atoms with Crippen molar-refractivity contribution in [3.63, 3.8) is 0 Å². The second-order valence-electron chi connectivity index (χ2n) is 10.1. The molecule has 4 aliphatic carbocycles. The first-order valence-corrected chi connectivity index (χ1v) is 13.7. The zero-order chi connectivity index (χ0) is 22.6. The Kier molecular flexibility index (Phi) is 5.33. The smallest absolute Gasteiger partial charge is 0.275 e. The quantitative estimate of drug-likeness (QED) is 0.493. The van der Waals surface area contributed by atoms with Crippen molar-refractivity contribution >= 4 is 39.7 Å². The molecule has 1 aromatic carbocycles. The van der Waals surface area contributed by atoms with E-state index in [-0.39, 0.29) is 16.9 Å². The first kappa shape index (κ1) is 21.4. The van der Waals surface area contributed by atoms with E-state index in [1.807, 2.05) is 31.2 Å². The monoisotopic (exact) mass is 480 g/mol. The Hall–Kier alpha value is -2.19. The highest BCUT2D eigenvalue weighted by Crippen LogP contribution is 2.60. The lowest BCUT2D eigenvalue weighted by molar-refractivity contribution is -0.140. The molecule has 33 heavy (non-hydrogen) atoms. The van der Waals surface area contributed by atoms with Crippen molar-refractivity contribution in [2.24, 2.45) is 23.2 Å². The fraction of sp³-hybridized carbons (Fsp3) is 0.520. The van der Waals surface area contributed by atoms with E-state index < -0.39 is 0 Å². The SMILES string of the molecule is CCc1nn2c(=O)cc(CSc3ccccc3NC(=O)C34CC5CC(CC(C5)C3)C4)nc2s1. The summed E-state index contributed by atoms with van der Waals surface area (Å²) in [5, 5.41) is 8.53. The van der Waals surface area contributed by atoms with E-state index >= 15 is 0 Å². The third-order valence-corrected chi connectivity index (χ3v) is 9.83. The van der Waals surface area contributed by atoms with Crippen LogP contribution in [0.2, 0.25) is 0 Å². The number of carbonyl (C=O) groups is 1. The number of aryl methyl sites for hydroxylation is 1. The van der Waals surface area contributed by atoms with E-state index in [4.69, 9.17) is 0 Å². The Morgan fingerprint density at radius 1 is 1.18 bits per heavy atom. The summed E-state index contributed by atoms with van der Waals surface area (Å²) in [6.07, 6.45) is 7.95. The maximum atomic E-state index is 13.5. The molecule has 172 valence electrons. The number of para-hydroxylation sites is 1. The van der Waals surface area contributed by atoms with Crippen LogP contribution in [-0.4, -0.2) is 20.5 Å². The predicted octanol–water partition coefficient (Wildman–Crippen LogP) is 5.16. The van der Waals surface area contributed by atoms with Crippen LogP contribution in [-0.2, 0) is 17.0 Å². The number of aromatic nitrogens is 3. The molecule has 7 rings (SSSR count). The number of hydrogen-bond donors (Lipinski definition) is 1. The molecule has 3 aromatic rings. The fourth-order valence-electron chi connectivity index (χ4n) is 6.60. The molecule has 0 spiro atoms. The van der Waals surface area contributed by atoms with E-state index in [0.29, 0.717) is 10.7 Å². The van der Waals surface area contributed by atoms with Crippen LogP contribution >= 0.6 is 23.1 Å². The van der Waals surface area contributed by atoms with Crippen molar-refractivity contribution in [1.82, 2.24) is 14.6 Å². The zero-order valence-electron chi connectivity index (χ0n) is 18.8. The topological polar surface area (TPSA) is 76.4 Å². The minimum atomic E-state index is -0.170. The summed E-state index contributed by atoms with van der Waals surface area (Å²) in [4.78, 5) is 32.3. The molecule has 4 saturated carbocycles. The molecule has 1 amide bonds. The van der Waals surface area contributed by atoms with Crippen LogP contribution in [0.4, 0.5) is 5.69 Å². The van der Waals surface area contributed by atoms with Crippen LogP contribution < -0.4 is 10.9 Å². The van der Waals surface area contributed by atoms with Gasteiger partial charge < -0.3 is 5.32 Å². The van der Waals surface area contributed by atoms with Gasteiger partial charge in [-0.05, 0) is 74.8 Å². The third kappa shape index (κ3) is 3.91. The summed E-state index contributed by atoms with van der Waals surface area (Å²) in [6.45, 7) is 2.02. The summed E-state index contributed by atoms with van der Waals surface area (Å²) in [6, 6.07) is 9.55.